The average molecular weight is 393 g/mol. The lowest BCUT2D eigenvalue weighted by molar-refractivity contribution is -0.120. The Labute approximate surface area is 167 Å². The zero-order valence-corrected chi connectivity index (χ0v) is 15.6. The highest BCUT2D eigenvalue weighted by Gasteiger charge is 2.11. The maximum Gasteiger partial charge on any atom is 0.343 e. The zero-order valence-electron chi connectivity index (χ0n) is 14.8. The van der Waals surface area contributed by atoms with Crippen LogP contribution in [-0.4, -0.2) is 18.1 Å². The van der Waals surface area contributed by atoms with Crippen LogP contribution in [0.1, 0.15) is 21.5 Å². The number of hydrazone groups is 1. The Bertz CT molecular complexity index is 986. The van der Waals surface area contributed by atoms with Gasteiger partial charge in [0, 0.05) is 10.6 Å². The van der Waals surface area contributed by atoms with E-state index < -0.39 is 5.97 Å². The molecule has 28 heavy (non-hydrogen) atoms. The van der Waals surface area contributed by atoms with Crippen molar-refractivity contribution in [2.75, 3.05) is 0 Å². The smallest absolute Gasteiger partial charge is 0.343 e. The van der Waals surface area contributed by atoms with Crippen molar-refractivity contribution in [1.82, 2.24) is 5.43 Å². The van der Waals surface area contributed by atoms with E-state index in [0.29, 0.717) is 21.9 Å². The summed E-state index contributed by atoms with van der Waals surface area (Å²) in [6.07, 6.45) is 1.67. The number of para-hydroxylation sites is 1. The van der Waals surface area contributed by atoms with Crippen LogP contribution in [-0.2, 0) is 11.2 Å². The van der Waals surface area contributed by atoms with Gasteiger partial charge in [0.25, 0.3) is 0 Å². The Morgan fingerprint density at radius 2 is 1.61 bits per heavy atom. The minimum Gasteiger partial charge on any atom is -0.422 e. The molecule has 0 atom stereocenters. The molecule has 0 saturated heterocycles. The Morgan fingerprint density at radius 1 is 0.929 bits per heavy atom. The van der Waals surface area contributed by atoms with Crippen LogP contribution in [0.3, 0.4) is 0 Å². The van der Waals surface area contributed by atoms with Crippen LogP contribution in [0.25, 0.3) is 0 Å². The quantitative estimate of drug-likeness (QED) is 0.295. The zero-order chi connectivity index (χ0) is 19.8. The summed E-state index contributed by atoms with van der Waals surface area (Å²) < 4.78 is 5.44. The van der Waals surface area contributed by atoms with E-state index in [-0.39, 0.29) is 12.3 Å². The van der Waals surface area contributed by atoms with E-state index in [4.69, 9.17) is 16.3 Å². The van der Waals surface area contributed by atoms with Gasteiger partial charge in [-0.3, -0.25) is 4.79 Å². The second-order valence-electron chi connectivity index (χ2n) is 5.89. The van der Waals surface area contributed by atoms with Gasteiger partial charge < -0.3 is 4.74 Å². The number of carbonyl (C=O) groups excluding carboxylic acids is 2. The molecule has 0 aliphatic heterocycles. The van der Waals surface area contributed by atoms with E-state index >= 15 is 0 Å². The number of amides is 1. The number of hydrogen-bond acceptors (Lipinski definition) is 4. The number of esters is 1. The average Bonchev–Trinajstić information content (AvgIpc) is 2.70. The lowest BCUT2D eigenvalue weighted by Crippen LogP contribution is -2.19. The van der Waals surface area contributed by atoms with E-state index in [2.05, 4.69) is 10.5 Å². The maximum atomic E-state index is 12.3. The predicted octanol–water partition coefficient (Wildman–Crippen LogP) is 4.25. The number of ether oxygens (including phenoxy) is 1. The Morgan fingerprint density at radius 3 is 2.36 bits per heavy atom. The van der Waals surface area contributed by atoms with Gasteiger partial charge in [0.2, 0.25) is 5.91 Å². The van der Waals surface area contributed by atoms with Crippen LogP contribution >= 0.6 is 11.6 Å². The van der Waals surface area contributed by atoms with Gasteiger partial charge in [-0.05, 0) is 42.0 Å². The van der Waals surface area contributed by atoms with Crippen LogP contribution in [0.4, 0.5) is 0 Å². The Balaban J connectivity index is 1.63. The molecule has 0 aromatic heterocycles. The fraction of sp³-hybridized carbons (Fsp3) is 0.0455. The number of nitrogens with zero attached hydrogens (tertiary/aromatic N) is 1. The molecule has 0 saturated carbocycles. The number of halogens is 1. The lowest BCUT2D eigenvalue weighted by atomic mass is 10.1. The maximum absolute atomic E-state index is 12.3. The standard InChI is InChI=1S/C22H17ClN2O3/c23-19-12-10-17(11-13-19)22(27)28-20-9-5-4-8-18(20)15-24-25-21(26)14-16-6-2-1-3-7-16/h1-13,15H,14H2,(H,25,26)/b24-15+. The number of hydrogen-bond donors (Lipinski definition) is 1. The highest BCUT2D eigenvalue weighted by molar-refractivity contribution is 6.30. The van der Waals surface area contributed by atoms with Gasteiger partial charge >= 0.3 is 5.97 Å². The van der Waals surface area contributed by atoms with Crippen molar-refractivity contribution in [2.45, 2.75) is 6.42 Å². The first kappa shape index (κ1) is 19.3. The Hall–Kier alpha value is -3.44. The normalized spacial score (nSPS) is 10.6. The second kappa shape index (κ2) is 9.48. The molecule has 0 aliphatic rings. The summed E-state index contributed by atoms with van der Waals surface area (Å²) in [5, 5.41) is 4.49. The third-order valence-corrected chi connectivity index (χ3v) is 4.05. The molecule has 0 unspecified atom stereocenters. The summed E-state index contributed by atoms with van der Waals surface area (Å²) in [7, 11) is 0. The van der Waals surface area contributed by atoms with Gasteiger partial charge in [-0.15, -0.1) is 0 Å². The molecule has 0 heterocycles. The molecule has 0 spiro atoms. The first-order valence-electron chi connectivity index (χ1n) is 8.54. The molecule has 5 nitrogen and oxygen atoms in total. The van der Waals surface area contributed by atoms with Crippen molar-refractivity contribution in [3.63, 3.8) is 0 Å². The van der Waals surface area contributed by atoms with E-state index in [0.717, 1.165) is 5.56 Å². The number of carbonyl (C=O) groups is 2. The third kappa shape index (κ3) is 5.53. The van der Waals surface area contributed by atoms with Crippen molar-refractivity contribution in [1.29, 1.82) is 0 Å². The first-order chi connectivity index (χ1) is 13.6. The third-order valence-electron chi connectivity index (χ3n) is 3.80. The van der Waals surface area contributed by atoms with E-state index in [1.54, 1.807) is 48.5 Å². The van der Waals surface area contributed by atoms with Gasteiger partial charge in [-0.25, -0.2) is 10.2 Å². The van der Waals surface area contributed by atoms with Gasteiger partial charge in [-0.1, -0.05) is 54.1 Å². The molecule has 0 radical (unpaired) electrons. The second-order valence-corrected chi connectivity index (χ2v) is 6.33. The summed E-state index contributed by atoms with van der Waals surface area (Å²) >= 11 is 5.83. The SMILES string of the molecule is O=C(Cc1ccccc1)N/N=C/c1ccccc1OC(=O)c1ccc(Cl)cc1. The summed E-state index contributed by atoms with van der Waals surface area (Å²) in [4.78, 5) is 24.2. The topological polar surface area (TPSA) is 67.8 Å². The first-order valence-corrected chi connectivity index (χ1v) is 8.92. The van der Waals surface area contributed by atoms with Crippen LogP contribution in [0, 0.1) is 0 Å². The van der Waals surface area contributed by atoms with Crippen LogP contribution in [0.2, 0.25) is 5.02 Å². The molecule has 1 amide bonds. The van der Waals surface area contributed by atoms with Crippen molar-refractivity contribution in [3.05, 3.63) is 101 Å². The van der Waals surface area contributed by atoms with E-state index in [1.165, 1.54) is 6.21 Å². The lowest BCUT2D eigenvalue weighted by Gasteiger charge is -2.07. The molecule has 3 aromatic rings. The summed E-state index contributed by atoms with van der Waals surface area (Å²) in [6, 6.07) is 22.7. The molecule has 0 aliphatic carbocycles. The molecular formula is C22H17ClN2O3. The Kier molecular flexibility index (Phi) is 6.54. The van der Waals surface area contributed by atoms with E-state index in [1.807, 2.05) is 30.3 Å². The molecule has 6 heteroatoms. The fourth-order valence-corrected chi connectivity index (χ4v) is 2.55. The van der Waals surface area contributed by atoms with Crippen molar-refractivity contribution in [3.8, 4) is 5.75 Å². The minimum atomic E-state index is -0.509. The van der Waals surface area contributed by atoms with Crippen LogP contribution in [0.5, 0.6) is 5.75 Å². The molecule has 0 bridgehead atoms. The molecule has 3 aromatic carbocycles. The molecule has 140 valence electrons. The van der Waals surface area contributed by atoms with Crippen molar-refractivity contribution < 1.29 is 14.3 Å². The van der Waals surface area contributed by atoms with E-state index in [9.17, 15) is 9.59 Å². The minimum absolute atomic E-state index is 0.228. The summed E-state index contributed by atoms with van der Waals surface area (Å²) in [5.41, 5.74) is 4.31. The van der Waals surface area contributed by atoms with Gasteiger partial charge in [0.1, 0.15) is 5.75 Å². The van der Waals surface area contributed by atoms with Gasteiger partial charge in [0.15, 0.2) is 0 Å². The van der Waals surface area contributed by atoms with Gasteiger partial charge in [0.05, 0.1) is 18.2 Å². The molecule has 0 fully saturated rings. The highest BCUT2D eigenvalue weighted by atomic mass is 35.5. The van der Waals surface area contributed by atoms with Crippen LogP contribution < -0.4 is 10.2 Å². The number of nitrogens with one attached hydrogen (secondary N) is 1. The fourth-order valence-electron chi connectivity index (χ4n) is 2.42. The summed E-state index contributed by atoms with van der Waals surface area (Å²) in [6.45, 7) is 0. The van der Waals surface area contributed by atoms with Crippen molar-refractivity contribution in [2.24, 2.45) is 5.10 Å². The van der Waals surface area contributed by atoms with Crippen LogP contribution in [0.15, 0.2) is 84.0 Å². The molecule has 1 N–H and O–H groups in total. The van der Waals surface area contributed by atoms with Gasteiger partial charge in [-0.2, -0.15) is 5.10 Å². The summed E-state index contributed by atoms with van der Waals surface area (Å²) in [5.74, 6) is -0.410. The number of rotatable bonds is 6. The molecular weight excluding hydrogens is 376 g/mol. The number of benzene rings is 3. The monoisotopic (exact) mass is 392 g/mol. The van der Waals surface area contributed by atoms with Crippen molar-refractivity contribution >= 4 is 29.7 Å². The predicted molar refractivity (Wildman–Crippen MR) is 109 cm³/mol. The largest absolute Gasteiger partial charge is 0.422 e. The highest BCUT2D eigenvalue weighted by Crippen LogP contribution is 2.18. The molecule has 3 rings (SSSR count).